The zero-order chi connectivity index (χ0) is 59.2. The van der Waals surface area contributed by atoms with Gasteiger partial charge in [0.15, 0.2) is 6.10 Å². The van der Waals surface area contributed by atoms with Gasteiger partial charge >= 0.3 is 17.9 Å². The molecule has 82 heavy (non-hydrogen) atoms. The van der Waals surface area contributed by atoms with E-state index in [0.29, 0.717) is 19.3 Å². The summed E-state index contributed by atoms with van der Waals surface area (Å²) in [4.78, 5) is 38.4. The zero-order valence-electron chi connectivity index (χ0n) is 53.5. The van der Waals surface area contributed by atoms with Crippen molar-refractivity contribution in [3.05, 3.63) is 134 Å². The van der Waals surface area contributed by atoms with E-state index in [1.54, 1.807) is 0 Å². The average Bonchev–Trinajstić information content (AvgIpc) is 3.47. The lowest BCUT2D eigenvalue weighted by Gasteiger charge is -2.18. The topological polar surface area (TPSA) is 78.9 Å². The lowest BCUT2D eigenvalue weighted by Crippen LogP contribution is -2.30. The fourth-order valence-corrected chi connectivity index (χ4v) is 9.26. The SMILES string of the molecule is CC/C=C\C/C=C\C/C=C\C/C=C\C/C=C\C/C=C\C/C=C\CCCC(=O)OCC(COC(=O)CCCCCCCCC/C=C\CCCCCCCCC)OC(=O)CCCCCCCCCC/C=C\C/C=C\C/C=C\CCCCCCC. The van der Waals surface area contributed by atoms with Crippen LogP contribution in [-0.4, -0.2) is 37.2 Å². The first-order valence-electron chi connectivity index (χ1n) is 34.2. The Morgan fingerprint density at radius 1 is 0.256 bits per heavy atom. The normalized spacial score (nSPS) is 13.0. The van der Waals surface area contributed by atoms with Crippen LogP contribution < -0.4 is 0 Å². The molecule has 1 unspecified atom stereocenters. The molecule has 0 aliphatic carbocycles. The van der Waals surface area contributed by atoms with Gasteiger partial charge in [-0.05, 0) is 135 Å². The van der Waals surface area contributed by atoms with Crippen molar-refractivity contribution >= 4 is 17.9 Å². The smallest absolute Gasteiger partial charge is 0.306 e. The van der Waals surface area contributed by atoms with Crippen LogP contribution in [-0.2, 0) is 28.6 Å². The van der Waals surface area contributed by atoms with E-state index in [2.05, 4.69) is 154 Å². The van der Waals surface area contributed by atoms with E-state index in [4.69, 9.17) is 14.2 Å². The Bertz CT molecular complexity index is 1730. The summed E-state index contributed by atoms with van der Waals surface area (Å²) in [5.41, 5.74) is 0. The highest BCUT2D eigenvalue weighted by atomic mass is 16.6. The molecule has 0 aliphatic rings. The van der Waals surface area contributed by atoms with E-state index in [0.717, 1.165) is 109 Å². The molecule has 0 amide bonds. The monoisotopic (exact) mass is 1130 g/mol. The van der Waals surface area contributed by atoms with Gasteiger partial charge in [0, 0.05) is 19.3 Å². The largest absolute Gasteiger partial charge is 0.462 e. The van der Waals surface area contributed by atoms with Gasteiger partial charge in [-0.3, -0.25) is 14.4 Å². The second-order valence-corrected chi connectivity index (χ2v) is 22.3. The third kappa shape index (κ3) is 66.4. The molecule has 0 aliphatic heterocycles. The molecule has 0 radical (unpaired) electrons. The van der Waals surface area contributed by atoms with Gasteiger partial charge < -0.3 is 14.2 Å². The molecule has 0 spiro atoms. The first-order chi connectivity index (χ1) is 40.5. The highest BCUT2D eigenvalue weighted by Crippen LogP contribution is 2.15. The summed E-state index contributed by atoms with van der Waals surface area (Å²) in [7, 11) is 0. The summed E-state index contributed by atoms with van der Waals surface area (Å²) in [5, 5.41) is 0. The van der Waals surface area contributed by atoms with Crippen molar-refractivity contribution in [3.8, 4) is 0 Å². The fraction of sp³-hybridized carbons (Fsp3) is 0.671. The van der Waals surface area contributed by atoms with Crippen LogP contribution in [0.3, 0.4) is 0 Å². The molecule has 0 heterocycles. The molecule has 0 aromatic heterocycles. The zero-order valence-corrected chi connectivity index (χ0v) is 53.5. The molecule has 6 heteroatoms. The first-order valence-corrected chi connectivity index (χ1v) is 34.2. The van der Waals surface area contributed by atoms with Gasteiger partial charge in [-0.15, -0.1) is 0 Å². The van der Waals surface area contributed by atoms with Crippen molar-refractivity contribution < 1.29 is 28.6 Å². The van der Waals surface area contributed by atoms with Crippen molar-refractivity contribution in [1.29, 1.82) is 0 Å². The minimum Gasteiger partial charge on any atom is -0.462 e. The van der Waals surface area contributed by atoms with Crippen molar-refractivity contribution in [2.75, 3.05) is 13.2 Å². The minimum absolute atomic E-state index is 0.104. The van der Waals surface area contributed by atoms with Crippen LogP contribution >= 0.6 is 0 Å². The minimum atomic E-state index is -0.815. The van der Waals surface area contributed by atoms with Crippen molar-refractivity contribution in [2.24, 2.45) is 0 Å². The van der Waals surface area contributed by atoms with Crippen LogP contribution in [0.4, 0.5) is 0 Å². The van der Waals surface area contributed by atoms with Gasteiger partial charge in [0.2, 0.25) is 0 Å². The highest BCUT2D eigenvalue weighted by molar-refractivity contribution is 5.71. The molecule has 0 bridgehead atoms. The summed E-state index contributed by atoms with van der Waals surface area (Å²) < 4.78 is 16.9. The second-order valence-electron chi connectivity index (χ2n) is 22.3. The molecule has 0 saturated carbocycles. The van der Waals surface area contributed by atoms with Gasteiger partial charge in [-0.2, -0.15) is 0 Å². The predicted octanol–water partition coefficient (Wildman–Crippen LogP) is 23.7. The molecular formula is C76H126O6. The molecule has 6 nitrogen and oxygen atoms in total. The van der Waals surface area contributed by atoms with Crippen LogP contribution in [0.15, 0.2) is 134 Å². The Balaban J connectivity index is 4.51. The number of carbonyl (C=O) groups is 3. The molecule has 0 fully saturated rings. The number of hydrogen-bond donors (Lipinski definition) is 0. The summed E-state index contributed by atoms with van der Waals surface area (Å²) >= 11 is 0. The summed E-state index contributed by atoms with van der Waals surface area (Å²) in [6, 6.07) is 0. The van der Waals surface area contributed by atoms with Gasteiger partial charge in [-0.1, -0.05) is 289 Å². The molecule has 0 aromatic rings. The van der Waals surface area contributed by atoms with Crippen LogP contribution in [0, 0.1) is 0 Å². The van der Waals surface area contributed by atoms with Crippen LogP contribution in [0.1, 0.15) is 310 Å². The molecule has 1 atom stereocenters. The molecule has 0 saturated heterocycles. The fourth-order valence-electron chi connectivity index (χ4n) is 9.26. The number of carbonyl (C=O) groups excluding carboxylic acids is 3. The number of esters is 3. The lowest BCUT2D eigenvalue weighted by molar-refractivity contribution is -0.167. The number of unbranched alkanes of at least 4 members (excludes halogenated alkanes) is 28. The highest BCUT2D eigenvalue weighted by Gasteiger charge is 2.19. The van der Waals surface area contributed by atoms with E-state index in [9.17, 15) is 14.4 Å². The summed E-state index contributed by atoms with van der Waals surface area (Å²) in [6.07, 6.45) is 97.5. The van der Waals surface area contributed by atoms with E-state index in [1.165, 1.54) is 154 Å². The maximum atomic E-state index is 13.0. The van der Waals surface area contributed by atoms with Crippen molar-refractivity contribution in [2.45, 2.75) is 316 Å². The van der Waals surface area contributed by atoms with E-state index < -0.39 is 6.10 Å². The summed E-state index contributed by atoms with van der Waals surface area (Å²) in [5.74, 6) is -0.972. The van der Waals surface area contributed by atoms with Crippen LogP contribution in [0.5, 0.6) is 0 Å². The van der Waals surface area contributed by atoms with Crippen LogP contribution in [0.25, 0.3) is 0 Å². The number of ether oxygens (including phenoxy) is 3. The average molecular weight is 1140 g/mol. The molecule has 0 N–H and O–H groups in total. The second kappa shape index (κ2) is 69.0. The Hall–Kier alpha value is -4.45. The van der Waals surface area contributed by atoms with E-state index in [-0.39, 0.29) is 37.5 Å². The van der Waals surface area contributed by atoms with Gasteiger partial charge in [0.05, 0.1) is 0 Å². The van der Waals surface area contributed by atoms with E-state index in [1.807, 2.05) is 0 Å². The molecule has 0 aromatic carbocycles. The van der Waals surface area contributed by atoms with Crippen molar-refractivity contribution in [3.63, 3.8) is 0 Å². The van der Waals surface area contributed by atoms with Gasteiger partial charge in [0.1, 0.15) is 13.2 Å². The lowest BCUT2D eigenvalue weighted by atomic mass is 10.1. The summed E-state index contributed by atoms with van der Waals surface area (Å²) in [6.45, 7) is 6.48. The Labute approximate surface area is 506 Å². The van der Waals surface area contributed by atoms with E-state index >= 15 is 0 Å². The maximum absolute atomic E-state index is 13.0. The Morgan fingerprint density at radius 3 is 0.805 bits per heavy atom. The third-order valence-electron chi connectivity index (χ3n) is 14.4. The molecule has 466 valence electrons. The standard InChI is InChI=1S/C76H126O6/c1-4-7-10-13-16-19-22-25-28-31-34-36-38-40-42-45-48-51-54-57-60-63-66-69-75(78)81-72-73(71-80-74(77)68-65-62-59-56-53-50-47-44-33-30-27-24-21-18-15-12-9-6-3)82-76(79)70-67-64-61-58-55-52-49-46-43-41-39-37-35-32-29-26-23-20-17-14-11-8-5-2/h7,10,16,19,23,25-26,28,30,32-36,39-42,48,51,57,60,73H,4-6,8-9,11-15,17-18,20-22,24,27,29,31,37-38,43-47,49-50,52-56,58-59,61-72H2,1-3H3/b10-7-,19-16-,26-23-,28-25-,33-30-,35-32-,36-34-,41-39-,42-40-,51-48-,60-57-. The third-order valence-corrected chi connectivity index (χ3v) is 14.4. The van der Waals surface area contributed by atoms with Crippen LogP contribution in [0.2, 0.25) is 0 Å². The molecule has 0 rings (SSSR count). The number of rotatable bonds is 61. The Kier molecular flexibility index (Phi) is 65.3. The predicted molar refractivity (Wildman–Crippen MR) is 357 cm³/mol. The van der Waals surface area contributed by atoms with Gasteiger partial charge in [-0.25, -0.2) is 0 Å². The maximum Gasteiger partial charge on any atom is 0.306 e. The van der Waals surface area contributed by atoms with Crippen molar-refractivity contribution in [1.82, 2.24) is 0 Å². The quantitative estimate of drug-likeness (QED) is 0.0261. The number of hydrogen-bond acceptors (Lipinski definition) is 6. The Morgan fingerprint density at radius 2 is 0.488 bits per heavy atom. The van der Waals surface area contributed by atoms with Gasteiger partial charge in [0.25, 0.3) is 0 Å². The number of allylic oxidation sites excluding steroid dienone is 22. The first kappa shape index (κ1) is 77.5. The molecular weight excluding hydrogens is 1010 g/mol.